The smallest absolute Gasteiger partial charge is 0.281 e. The van der Waals surface area contributed by atoms with Crippen LogP contribution in [0.15, 0.2) is 45.3 Å². The summed E-state index contributed by atoms with van der Waals surface area (Å²) in [7, 11) is 2.01. The standard InChI is InChI=1S/C10H5ClN2O3S2/c11-10-9(17-18-12-10)7(13(15)16)8(14)6-4-2-1-3-5-6/h1-5H/b9-7-. The highest BCUT2D eigenvalue weighted by molar-refractivity contribution is 8.78. The van der Waals surface area contributed by atoms with Crippen LogP contribution in [0.3, 0.4) is 0 Å². The van der Waals surface area contributed by atoms with Gasteiger partial charge in [-0.2, -0.15) is 4.40 Å². The highest BCUT2D eigenvalue weighted by atomic mass is 35.5. The quantitative estimate of drug-likeness (QED) is 0.214. The Hall–Kier alpha value is -1.31. The second-order valence-corrected chi connectivity index (χ2v) is 5.38. The lowest BCUT2D eigenvalue weighted by Crippen LogP contribution is -2.15. The number of ketones is 1. The van der Waals surface area contributed by atoms with Gasteiger partial charge in [0.15, 0.2) is 5.17 Å². The van der Waals surface area contributed by atoms with Crippen molar-refractivity contribution in [1.29, 1.82) is 0 Å². The maximum atomic E-state index is 12.1. The molecule has 0 unspecified atom stereocenters. The Kier molecular flexibility index (Phi) is 4.05. The summed E-state index contributed by atoms with van der Waals surface area (Å²) in [4.78, 5) is 22.5. The van der Waals surface area contributed by atoms with Gasteiger partial charge in [-0.1, -0.05) is 41.9 Å². The fourth-order valence-electron chi connectivity index (χ4n) is 1.30. The predicted octanol–water partition coefficient (Wildman–Crippen LogP) is 3.30. The van der Waals surface area contributed by atoms with E-state index < -0.39 is 16.4 Å². The summed E-state index contributed by atoms with van der Waals surface area (Å²) in [6, 6.07) is 8.04. The van der Waals surface area contributed by atoms with Gasteiger partial charge in [-0.3, -0.25) is 14.9 Å². The van der Waals surface area contributed by atoms with E-state index >= 15 is 0 Å². The van der Waals surface area contributed by atoms with Crippen LogP contribution in [0, 0.1) is 10.1 Å². The van der Waals surface area contributed by atoms with Crippen LogP contribution in [0.5, 0.6) is 0 Å². The van der Waals surface area contributed by atoms with E-state index in [4.69, 9.17) is 11.6 Å². The average Bonchev–Trinajstić information content (AvgIpc) is 2.76. The van der Waals surface area contributed by atoms with E-state index in [0.29, 0.717) is 0 Å². The van der Waals surface area contributed by atoms with Crippen molar-refractivity contribution in [3.8, 4) is 0 Å². The second kappa shape index (κ2) is 5.55. The summed E-state index contributed by atoms with van der Waals surface area (Å²) in [5.41, 5.74) is -0.288. The Morgan fingerprint density at radius 2 is 2.00 bits per heavy atom. The normalized spacial score (nSPS) is 17.3. The zero-order valence-electron chi connectivity index (χ0n) is 8.70. The summed E-state index contributed by atoms with van der Waals surface area (Å²) in [5, 5.41) is 11.0. The van der Waals surface area contributed by atoms with Crippen LogP contribution >= 0.6 is 33.4 Å². The number of Topliss-reactive ketones (excluding diaryl/α,β-unsaturated/α-hetero) is 1. The molecule has 0 aliphatic carbocycles. The number of allylic oxidation sites excluding steroid dienone is 2. The molecule has 0 N–H and O–H groups in total. The summed E-state index contributed by atoms with van der Waals surface area (Å²) >= 11 is 5.74. The molecule has 0 aromatic heterocycles. The van der Waals surface area contributed by atoms with Crippen molar-refractivity contribution in [2.45, 2.75) is 0 Å². The first-order chi connectivity index (χ1) is 8.61. The fraction of sp³-hybridized carbons (Fsp3) is 0. The van der Waals surface area contributed by atoms with Gasteiger partial charge in [-0.25, -0.2) is 0 Å². The average molecular weight is 301 g/mol. The van der Waals surface area contributed by atoms with Gasteiger partial charge < -0.3 is 0 Å². The third kappa shape index (κ3) is 2.58. The number of nitrogens with zero attached hydrogens (tertiary/aromatic N) is 2. The van der Waals surface area contributed by atoms with E-state index in [1.54, 1.807) is 18.2 Å². The van der Waals surface area contributed by atoms with Crippen molar-refractivity contribution >= 4 is 44.3 Å². The Morgan fingerprint density at radius 1 is 1.33 bits per heavy atom. The lowest BCUT2D eigenvalue weighted by Gasteiger charge is -2.00. The molecule has 0 atom stereocenters. The Morgan fingerprint density at radius 3 is 2.50 bits per heavy atom. The predicted molar refractivity (Wildman–Crippen MR) is 73.3 cm³/mol. The van der Waals surface area contributed by atoms with Crippen molar-refractivity contribution in [3.05, 3.63) is 56.6 Å². The maximum Gasteiger partial charge on any atom is 0.334 e. The zero-order valence-corrected chi connectivity index (χ0v) is 11.1. The molecule has 18 heavy (non-hydrogen) atoms. The first-order valence-electron chi connectivity index (χ1n) is 4.67. The van der Waals surface area contributed by atoms with E-state index in [2.05, 4.69) is 4.40 Å². The van der Waals surface area contributed by atoms with Crippen molar-refractivity contribution < 1.29 is 9.72 Å². The molecular formula is C10H5ClN2O3S2. The summed E-state index contributed by atoms with van der Waals surface area (Å²) in [6.07, 6.45) is 0. The number of rotatable bonds is 3. The molecule has 0 saturated heterocycles. The van der Waals surface area contributed by atoms with Crippen molar-refractivity contribution in [2.75, 3.05) is 0 Å². The first kappa shape index (κ1) is 13.1. The third-order valence-corrected chi connectivity index (χ3v) is 4.39. The minimum atomic E-state index is -0.721. The van der Waals surface area contributed by atoms with Gasteiger partial charge in [0.25, 0.3) is 5.78 Å². The van der Waals surface area contributed by atoms with E-state index in [1.165, 1.54) is 12.1 Å². The Bertz CT molecular complexity index is 572. The van der Waals surface area contributed by atoms with Gasteiger partial charge in [-0.05, 0) is 10.8 Å². The summed E-state index contributed by atoms with van der Waals surface area (Å²) < 4.78 is 3.74. The number of hydrogen-bond donors (Lipinski definition) is 0. The lowest BCUT2D eigenvalue weighted by atomic mass is 10.1. The molecule has 0 radical (unpaired) electrons. The first-order valence-corrected chi connectivity index (χ1v) is 7.15. The molecule has 1 aliphatic heterocycles. The van der Waals surface area contributed by atoms with E-state index in [9.17, 15) is 14.9 Å². The SMILES string of the molecule is O=C(/C(=C1/SSN=C1Cl)[N+](=O)[O-])c1ccccc1. The fourth-order valence-corrected chi connectivity index (χ4v) is 3.59. The van der Waals surface area contributed by atoms with Crippen LogP contribution in [0.25, 0.3) is 0 Å². The molecule has 1 aliphatic rings. The number of halogens is 1. The monoisotopic (exact) mass is 300 g/mol. The van der Waals surface area contributed by atoms with E-state index in [0.717, 1.165) is 21.8 Å². The molecule has 1 heterocycles. The van der Waals surface area contributed by atoms with Crippen LogP contribution in [-0.4, -0.2) is 15.9 Å². The van der Waals surface area contributed by atoms with Crippen LogP contribution < -0.4 is 0 Å². The third-order valence-electron chi connectivity index (χ3n) is 2.07. The molecule has 1 aromatic rings. The molecule has 92 valence electrons. The van der Waals surface area contributed by atoms with Gasteiger partial charge in [0.2, 0.25) is 0 Å². The van der Waals surface area contributed by atoms with Crippen LogP contribution in [0.2, 0.25) is 0 Å². The molecule has 8 heteroatoms. The molecule has 0 bridgehead atoms. The van der Waals surface area contributed by atoms with Gasteiger partial charge in [0, 0.05) is 5.56 Å². The minimum Gasteiger partial charge on any atom is -0.281 e. The number of carbonyl (C=O) groups excluding carboxylic acids is 1. The molecule has 2 rings (SSSR count). The molecule has 1 aromatic carbocycles. The number of benzene rings is 1. The largest absolute Gasteiger partial charge is 0.334 e. The Labute approximate surface area is 115 Å². The maximum absolute atomic E-state index is 12.1. The van der Waals surface area contributed by atoms with Gasteiger partial charge in [0.1, 0.15) is 4.91 Å². The van der Waals surface area contributed by atoms with Crippen LogP contribution in [0.1, 0.15) is 10.4 Å². The highest BCUT2D eigenvalue weighted by Gasteiger charge is 2.33. The number of nitro groups is 1. The molecule has 0 amide bonds. The second-order valence-electron chi connectivity index (χ2n) is 3.17. The van der Waals surface area contributed by atoms with Crippen molar-refractivity contribution in [2.24, 2.45) is 4.40 Å². The van der Waals surface area contributed by atoms with Crippen LogP contribution in [-0.2, 0) is 0 Å². The summed E-state index contributed by atoms with van der Waals surface area (Å²) in [6.45, 7) is 0. The number of carbonyl (C=O) groups is 1. The van der Waals surface area contributed by atoms with Gasteiger partial charge >= 0.3 is 5.70 Å². The molecule has 0 spiro atoms. The molecule has 0 fully saturated rings. The topological polar surface area (TPSA) is 72.6 Å². The molecular weight excluding hydrogens is 296 g/mol. The lowest BCUT2D eigenvalue weighted by molar-refractivity contribution is -0.416. The highest BCUT2D eigenvalue weighted by Crippen LogP contribution is 2.42. The van der Waals surface area contributed by atoms with Crippen LogP contribution in [0.4, 0.5) is 0 Å². The minimum absolute atomic E-state index is 0.0130. The number of hydrogen-bond acceptors (Lipinski definition) is 6. The molecule has 0 saturated carbocycles. The van der Waals surface area contributed by atoms with E-state index in [-0.39, 0.29) is 15.6 Å². The summed E-state index contributed by atoms with van der Waals surface area (Å²) in [5.74, 6) is -0.668. The van der Waals surface area contributed by atoms with Gasteiger partial charge in [0.05, 0.1) is 15.9 Å². The van der Waals surface area contributed by atoms with Crippen molar-refractivity contribution in [1.82, 2.24) is 0 Å². The molecule has 5 nitrogen and oxygen atoms in total. The zero-order chi connectivity index (χ0) is 13.1. The van der Waals surface area contributed by atoms with Crippen molar-refractivity contribution in [3.63, 3.8) is 0 Å². The Balaban J connectivity index is 2.48. The van der Waals surface area contributed by atoms with Gasteiger partial charge in [-0.15, -0.1) is 0 Å². The van der Waals surface area contributed by atoms with E-state index in [1.807, 2.05) is 0 Å².